The standard InChI is InChI=1S/C11H13O/c1-2-3-7-10-12-11-8-5-4-6-9-11/h2-3,5-6,8-9H,7,10H2,1H3/b3-2+. The van der Waals surface area contributed by atoms with Gasteiger partial charge in [0.05, 0.1) is 6.61 Å². The average molecular weight is 161 g/mol. The number of ether oxygens (including phenoxy) is 1. The van der Waals surface area contributed by atoms with E-state index < -0.39 is 0 Å². The van der Waals surface area contributed by atoms with E-state index in [-0.39, 0.29) is 0 Å². The lowest BCUT2D eigenvalue weighted by atomic mass is 10.3. The van der Waals surface area contributed by atoms with Crippen LogP contribution in [0.1, 0.15) is 13.3 Å². The van der Waals surface area contributed by atoms with Crippen LogP contribution in [0.2, 0.25) is 0 Å². The molecule has 12 heavy (non-hydrogen) atoms. The van der Waals surface area contributed by atoms with Crippen LogP contribution in [0.25, 0.3) is 0 Å². The maximum Gasteiger partial charge on any atom is 0.119 e. The fourth-order valence-corrected chi connectivity index (χ4v) is 0.879. The number of benzene rings is 1. The van der Waals surface area contributed by atoms with E-state index in [2.05, 4.69) is 12.1 Å². The zero-order valence-corrected chi connectivity index (χ0v) is 7.29. The Labute approximate surface area is 73.7 Å². The second-order valence-corrected chi connectivity index (χ2v) is 2.44. The highest BCUT2D eigenvalue weighted by atomic mass is 16.5. The summed E-state index contributed by atoms with van der Waals surface area (Å²) in [6, 6.07) is 10.5. The van der Waals surface area contributed by atoms with Crippen molar-refractivity contribution in [2.24, 2.45) is 0 Å². The third kappa shape index (κ3) is 3.24. The Morgan fingerprint density at radius 3 is 2.83 bits per heavy atom. The second kappa shape index (κ2) is 5.42. The van der Waals surface area contributed by atoms with E-state index in [9.17, 15) is 0 Å². The molecule has 1 radical (unpaired) electrons. The SMILES string of the molecule is C/C=C/CCOc1cc[c]cc1. The first-order chi connectivity index (χ1) is 5.93. The molecule has 1 aromatic carbocycles. The molecular weight excluding hydrogens is 148 g/mol. The number of hydrogen-bond donors (Lipinski definition) is 0. The van der Waals surface area contributed by atoms with Crippen molar-refractivity contribution in [3.8, 4) is 5.75 Å². The van der Waals surface area contributed by atoms with E-state index in [4.69, 9.17) is 4.74 Å². The Bertz CT molecular complexity index is 226. The highest BCUT2D eigenvalue weighted by Crippen LogP contribution is 2.07. The molecule has 0 saturated heterocycles. The Balaban J connectivity index is 2.24. The molecule has 0 aliphatic heterocycles. The number of allylic oxidation sites excluding steroid dienone is 1. The minimum Gasteiger partial charge on any atom is -0.493 e. The summed E-state index contributed by atoms with van der Waals surface area (Å²) in [5, 5.41) is 0. The maximum absolute atomic E-state index is 5.44. The van der Waals surface area contributed by atoms with Crippen molar-refractivity contribution in [3.63, 3.8) is 0 Å². The predicted octanol–water partition coefficient (Wildman–Crippen LogP) is 2.83. The third-order valence-corrected chi connectivity index (χ3v) is 1.48. The van der Waals surface area contributed by atoms with Crippen LogP contribution in [-0.4, -0.2) is 6.61 Å². The average Bonchev–Trinajstić information content (AvgIpc) is 2.14. The summed E-state index contributed by atoms with van der Waals surface area (Å²) < 4.78 is 5.44. The molecule has 63 valence electrons. The van der Waals surface area contributed by atoms with Crippen molar-refractivity contribution in [2.45, 2.75) is 13.3 Å². The quantitative estimate of drug-likeness (QED) is 0.487. The molecule has 0 amide bonds. The van der Waals surface area contributed by atoms with E-state index in [1.165, 1.54) is 0 Å². The summed E-state index contributed by atoms with van der Waals surface area (Å²) in [5.41, 5.74) is 0. The largest absolute Gasteiger partial charge is 0.493 e. The van der Waals surface area contributed by atoms with Gasteiger partial charge in [-0.1, -0.05) is 24.3 Å². The van der Waals surface area contributed by atoms with Gasteiger partial charge in [0.1, 0.15) is 5.75 Å². The molecule has 0 aromatic heterocycles. The molecule has 1 nitrogen and oxygen atoms in total. The molecule has 1 rings (SSSR count). The normalized spacial score (nSPS) is 10.4. The van der Waals surface area contributed by atoms with Crippen LogP contribution in [-0.2, 0) is 0 Å². The molecule has 0 heterocycles. The molecule has 0 fully saturated rings. The van der Waals surface area contributed by atoms with Crippen molar-refractivity contribution in [1.82, 2.24) is 0 Å². The lowest BCUT2D eigenvalue weighted by molar-refractivity contribution is 0.325. The number of rotatable bonds is 4. The molecule has 0 atom stereocenters. The monoisotopic (exact) mass is 161 g/mol. The summed E-state index contributed by atoms with van der Waals surface area (Å²) in [4.78, 5) is 0. The molecule has 0 unspecified atom stereocenters. The van der Waals surface area contributed by atoms with Crippen LogP contribution in [0.15, 0.2) is 36.4 Å². The predicted molar refractivity (Wildman–Crippen MR) is 50.2 cm³/mol. The van der Waals surface area contributed by atoms with Crippen molar-refractivity contribution >= 4 is 0 Å². The lowest BCUT2D eigenvalue weighted by Crippen LogP contribution is -1.94. The van der Waals surface area contributed by atoms with E-state index in [0.29, 0.717) is 0 Å². The van der Waals surface area contributed by atoms with Crippen molar-refractivity contribution in [2.75, 3.05) is 6.61 Å². The molecule has 0 N–H and O–H groups in total. The molecule has 0 saturated carbocycles. The fraction of sp³-hybridized carbons (Fsp3) is 0.273. The topological polar surface area (TPSA) is 9.23 Å². The van der Waals surface area contributed by atoms with Gasteiger partial charge in [0, 0.05) is 0 Å². The Kier molecular flexibility index (Phi) is 4.00. The van der Waals surface area contributed by atoms with Crippen molar-refractivity contribution in [3.05, 3.63) is 42.5 Å². The van der Waals surface area contributed by atoms with Crippen LogP contribution in [0.3, 0.4) is 0 Å². The molecule has 0 aliphatic carbocycles. The van der Waals surface area contributed by atoms with Crippen LogP contribution in [0, 0.1) is 6.07 Å². The summed E-state index contributed by atoms with van der Waals surface area (Å²) in [7, 11) is 0. The first-order valence-corrected chi connectivity index (χ1v) is 4.13. The van der Waals surface area contributed by atoms with E-state index >= 15 is 0 Å². The van der Waals surface area contributed by atoms with Crippen molar-refractivity contribution in [1.29, 1.82) is 0 Å². The lowest BCUT2D eigenvalue weighted by Gasteiger charge is -2.02. The molecule has 1 heteroatoms. The van der Waals surface area contributed by atoms with Crippen molar-refractivity contribution < 1.29 is 4.74 Å². The van der Waals surface area contributed by atoms with Gasteiger partial charge in [0.15, 0.2) is 0 Å². The van der Waals surface area contributed by atoms with Crippen LogP contribution >= 0.6 is 0 Å². The minimum absolute atomic E-state index is 0.744. The van der Waals surface area contributed by atoms with Gasteiger partial charge >= 0.3 is 0 Å². The zero-order chi connectivity index (χ0) is 8.65. The Hall–Kier alpha value is -1.24. The Morgan fingerprint density at radius 2 is 2.17 bits per heavy atom. The van der Waals surface area contributed by atoms with Gasteiger partial charge in [-0.2, -0.15) is 0 Å². The van der Waals surface area contributed by atoms with E-state index in [0.717, 1.165) is 18.8 Å². The number of hydrogen-bond acceptors (Lipinski definition) is 1. The second-order valence-electron chi connectivity index (χ2n) is 2.44. The summed E-state index contributed by atoms with van der Waals surface area (Å²) in [6.07, 6.45) is 5.09. The van der Waals surface area contributed by atoms with Crippen LogP contribution in [0.4, 0.5) is 0 Å². The highest BCUT2D eigenvalue weighted by molar-refractivity contribution is 5.20. The van der Waals surface area contributed by atoms with Gasteiger partial charge in [-0.05, 0) is 31.5 Å². The van der Waals surface area contributed by atoms with Gasteiger partial charge in [0.2, 0.25) is 0 Å². The minimum atomic E-state index is 0.744. The molecular formula is C11H13O. The fourth-order valence-electron chi connectivity index (χ4n) is 0.879. The summed E-state index contributed by atoms with van der Waals surface area (Å²) in [5.74, 6) is 0.915. The first-order valence-electron chi connectivity index (χ1n) is 4.13. The molecule has 0 spiro atoms. The highest BCUT2D eigenvalue weighted by Gasteiger charge is 1.87. The van der Waals surface area contributed by atoms with Crippen LogP contribution in [0.5, 0.6) is 5.75 Å². The Morgan fingerprint density at radius 1 is 1.42 bits per heavy atom. The van der Waals surface area contributed by atoms with Crippen LogP contribution < -0.4 is 4.74 Å². The maximum atomic E-state index is 5.44. The summed E-state index contributed by atoms with van der Waals surface area (Å²) >= 11 is 0. The molecule has 0 aliphatic rings. The first kappa shape index (κ1) is 8.85. The molecule has 1 aromatic rings. The van der Waals surface area contributed by atoms with Gasteiger partial charge in [-0.25, -0.2) is 0 Å². The van der Waals surface area contributed by atoms with E-state index in [1.807, 2.05) is 37.3 Å². The van der Waals surface area contributed by atoms with Gasteiger partial charge < -0.3 is 4.74 Å². The van der Waals surface area contributed by atoms with E-state index in [1.54, 1.807) is 0 Å². The van der Waals surface area contributed by atoms with Gasteiger partial charge in [-0.3, -0.25) is 0 Å². The molecule has 0 bridgehead atoms. The smallest absolute Gasteiger partial charge is 0.119 e. The zero-order valence-electron chi connectivity index (χ0n) is 7.29. The summed E-state index contributed by atoms with van der Waals surface area (Å²) in [6.45, 7) is 2.76. The third-order valence-electron chi connectivity index (χ3n) is 1.48. The van der Waals surface area contributed by atoms with Gasteiger partial charge in [0.25, 0.3) is 0 Å². The van der Waals surface area contributed by atoms with Gasteiger partial charge in [-0.15, -0.1) is 0 Å².